The van der Waals surface area contributed by atoms with Gasteiger partial charge in [0.2, 0.25) is 0 Å². The Hall–Kier alpha value is -1.69. The van der Waals surface area contributed by atoms with E-state index in [1.165, 1.54) is 31.4 Å². The molecule has 0 spiro atoms. The number of carbonyl (C=O) groups excluding carboxylic acids is 1. The third-order valence-corrected chi connectivity index (χ3v) is 4.83. The summed E-state index contributed by atoms with van der Waals surface area (Å²) in [7, 11) is 0. The van der Waals surface area contributed by atoms with Gasteiger partial charge in [0.25, 0.3) is 0 Å². The quantitative estimate of drug-likeness (QED) is 0.928. The molecule has 3 rings (SSSR count). The Morgan fingerprint density at radius 2 is 1.91 bits per heavy atom. The van der Waals surface area contributed by atoms with E-state index in [2.05, 4.69) is 10.2 Å². The van der Waals surface area contributed by atoms with Crippen LogP contribution in [0, 0.1) is 11.6 Å². The van der Waals surface area contributed by atoms with E-state index >= 15 is 0 Å². The van der Waals surface area contributed by atoms with E-state index in [1.807, 2.05) is 0 Å². The molecule has 2 saturated heterocycles. The number of hydrogen-bond acceptors (Lipinski definition) is 2. The Morgan fingerprint density at radius 1 is 1.22 bits per heavy atom. The number of benzene rings is 1. The minimum atomic E-state index is -0.632. The average Bonchev–Trinajstić information content (AvgIpc) is 2.46. The number of rotatable bonds is 3. The number of nitrogens with zero attached hydrogens (tertiary/aromatic N) is 2. The summed E-state index contributed by atoms with van der Waals surface area (Å²) in [5.41, 5.74) is 0.299. The van der Waals surface area contributed by atoms with Gasteiger partial charge in [-0.25, -0.2) is 13.6 Å². The Kier molecular flexibility index (Phi) is 4.80. The van der Waals surface area contributed by atoms with Crippen molar-refractivity contribution in [2.75, 3.05) is 26.2 Å². The SMILES string of the molecule is C[C@H](NC(=O)N1CC(N2CCCCC2)C1)c1ccc(F)cc1F. The minimum Gasteiger partial charge on any atom is -0.331 e. The van der Waals surface area contributed by atoms with Crippen molar-refractivity contribution >= 4 is 6.03 Å². The van der Waals surface area contributed by atoms with Gasteiger partial charge in [0, 0.05) is 30.8 Å². The van der Waals surface area contributed by atoms with Gasteiger partial charge in [-0.15, -0.1) is 0 Å². The molecule has 2 aliphatic rings. The molecule has 2 fully saturated rings. The number of piperidine rings is 1. The zero-order valence-corrected chi connectivity index (χ0v) is 13.4. The fourth-order valence-electron chi connectivity index (χ4n) is 3.34. The first-order chi connectivity index (χ1) is 11.0. The van der Waals surface area contributed by atoms with E-state index in [0.29, 0.717) is 11.6 Å². The number of likely N-dealkylation sites (tertiary alicyclic amines) is 2. The zero-order chi connectivity index (χ0) is 16.4. The van der Waals surface area contributed by atoms with Crippen molar-refractivity contribution in [3.05, 3.63) is 35.4 Å². The van der Waals surface area contributed by atoms with Gasteiger partial charge in [-0.3, -0.25) is 4.90 Å². The van der Waals surface area contributed by atoms with Gasteiger partial charge in [-0.1, -0.05) is 12.5 Å². The van der Waals surface area contributed by atoms with Crippen molar-refractivity contribution < 1.29 is 13.6 Å². The summed E-state index contributed by atoms with van der Waals surface area (Å²) in [5.74, 6) is -1.25. The Labute approximate surface area is 135 Å². The first-order valence-electron chi connectivity index (χ1n) is 8.29. The molecule has 0 aromatic heterocycles. The van der Waals surface area contributed by atoms with Crippen LogP contribution in [0.15, 0.2) is 18.2 Å². The topological polar surface area (TPSA) is 35.6 Å². The van der Waals surface area contributed by atoms with Crippen LogP contribution in [0.5, 0.6) is 0 Å². The molecule has 1 aromatic rings. The average molecular weight is 323 g/mol. The van der Waals surface area contributed by atoms with Crippen LogP contribution in [0.3, 0.4) is 0 Å². The summed E-state index contributed by atoms with van der Waals surface area (Å²) in [5, 5.41) is 2.79. The van der Waals surface area contributed by atoms with Crippen molar-refractivity contribution in [1.29, 1.82) is 0 Å². The van der Waals surface area contributed by atoms with Crippen LogP contribution in [0.2, 0.25) is 0 Å². The second-order valence-corrected chi connectivity index (χ2v) is 6.49. The second-order valence-electron chi connectivity index (χ2n) is 6.49. The molecule has 0 bridgehead atoms. The molecule has 0 unspecified atom stereocenters. The monoisotopic (exact) mass is 323 g/mol. The summed E-state index contributed by atoms with van der Waals surface area (Å²) in [6.45, 7) is 5.40. The molecule has 23 heavy (non-hydrogen) atoms. The lowest BCUT2D eigenvalue weighted by Crippen LogP contribution is -2.63. The van der Waals surface area contributed by atoms with Crippen LogP contribution in [0.25, 0.3) is 0 Å². The standard InChI is InChI=1S/C17H23F2N3O/c1-12(15-6-5-13(18)9-16(15)19)20-17(23)22-10-14(11-22)21-7-3-2-4-8-21/h5-6,9,12,14H,2-4,7-8,10-11H2,1H3,(H,20,23)/t12-/m0/s1. The van der Waals surface area contributed by atoms with Crippen LogP contribution in [-0.2, 0) is 0 Å². The molecule has 2 heterocycles. The summed E-state index contributed by atoms with van der Waals surface area (Å²) < 4.78 is 26.7. The van der Waals surface area contributed by atoms with Gasteiger partial charge in [0.1, 0.15) is 11.6 Å². The van der Waals surface area contributed by atoms with E-state index in [-0.39, 0.29) is 6.03 Å². The van der Waals surface area contributed by atoms with Crippen LogP contribution in [0.4, 0.5) is 13.6 Å². The van der Waals surface area contributed by atoms with Crippen molar-refractivity contribution in [1.82, 2.24) is 15.1 Å². The van der Waals surface area contributed by atoms with Crippen molar-refractivity contribution in [2.45, 2.75) is 38.3 Å². The number of hydrogen-bond donors (Lipinski definition) is 1. The number of amides is 2. The second kappa shape index (κ2) is 6.83. The molecule has 2 amide bonds. The van der Waals surface area contributed by atoms with Gasteiger partial charge in [0.05, 0.1) is 6.04 Å². The summed E-state index contributed by atoms with van der Waals surface area (Å²) in [6, 6.07) is 3.21. The van der Waals surface area contributed by atoms with Gasteiger partial charge in [-0.2, -0.15) is 0 Å². The Balaban J connectivity index is 1.50. The third-order valence-electron chi connectivity index (χ3n) is 4.83. The molecule has 4 nitrogen and oxygen atoms in total. The fraction of sp³-hybridized carbons (Fsp3) is 0.588. The lowest BCUT2D eigenvalue weighted by molar-refractivity contribution is 0.0443. The van der Waals surface area contributed by atoms with Crippen molar-refractivity contribution in [3.8, 4) is 0 Å². The molecule has 126 valence electrons. The van der Waals surface area contributed by atoms with Crippen LogP contribution < -0.4 is 5.32 Å². The van der Waals surface area contributed by atoms with Crippen molar-refractivity contribution in [3.63, 3.8) is 0 Å². The molecule has 1 atom stereocenters. The van der Waals surface area contributed by atoms with Gasteiger partial charge >= 0.3 is 6.03 Å². The maximum absolute atomic E-state index is 13.7. The van der Waals surface area contributed by atoms with E-state index < -0.39 is 17.7 Å². The van der Waals surface area contributed by atoms with Gasteiger partial charge < -0.3 is 10.2 Å². The van der Waals surface area contributed by atoms with Gasteiger partial charge in [-0.05, 0) is 38.9 Å². The van der Waals surface area contributed by atoms with E-state index in [0.717, 1.165) is 32.2 Å². The summed E-state index contributed by atoms with van der Waals surface area (Å²) in [6.07, 6.45) is 3.78. The van der Waals surface area contributed by atoms with Gasteiger partial charge in [0.15, 0.2) is 0 Å². The molecule has 1 aromatic carbocycles. The third kappa shape index (κ3) is 3.63. The Morgan fingerprint density at radius 3 is 2.57 bits per heavy atom. The van der Waals surface area contributed by atoms with Crippen LogP contribution in [-0.4, -0.2) is 48.1 Å². The predicted octanol–water partition coefficient (Wildman–Crippen LogP) is 2.91. The maximum atomic E-state index is 13.7. The lowest BCUT2D eigenvalue weighted by atomic mass is 10.0. The smallest absolute Gasteiger partial charge is 0.317 e. The minimum absolute atomic E-state index is 0.186. The molecule has 6 heteroatoms. The predicted molar refractivity (Wildman–Crippen MR) is 84.1 cm³/mol. The first kappa shape index (κ1) is 16.2. The van der Waals surface area contributed by atoms with Crippen molar-refractivity contribution in [2.24, 2.45) is 0 Å². The highest BCUT2D eigenvalue weighted by molar-refractivity contribution is 5.75. The first-order valence-corrected chi connectivity index (χ1v) is 8.29. The number of nitrogens with one attached hydrogen (secondary N) is 1. The molecule has 0 saturated carbocycles. The normalized spacial score (nSPS) is 20.9. The molecule has 1 N–H and O–H groups in total. The highest BCUT2D eigenvalue weighted by atomic mass is 19.1. The van der Waals surface area contributed by atoms with E-state index in [1.54, 1.807) is 11.8 Å². The summed E-state index contributed by atoms with van der Waals surface area (Å²) >= 11 is 0. The molecular formula is C17H23F2N3O. The van der Waals surface area contributed by atoms with Crippen LogP contribution in [0.1, 0.15) is 37.8 Å². The molecule has 0 radical (unpaired) electrons. The number of carbonyl (C=O) groups is 1. The van der Waals surface area contributed by atoms with E-state index in [9.17, 15) is 13.6 Å². The number of urea groups is 1. The lowest BCUT2D eigenvalue weighted by Gasteiger charge is -2.46. The highest BCUT2D eigenvalue weighted by Gasteiger charge is 2.35. The largest absolute Gasteiger partial charge is 0.331 e. The molecule has 0 aliphatic carbocycles. The zero-order valence-electron chi connectivity index (χ0n) is 13.4. The highest BCUT2D eigenvalue weighted by Crippen LogP contribution is 2.22. The van der Waals surface area contributed by atoms with E-state index in [4.69, 9.17) is 0 Å². The molecular weight excluding hydrogens is 300 g/mol. The molecule has 2 aliphatic heterocycles. The number of halogens is 2. The maximum Gasteiger partial charge on any atom is 0.317 e. The summed E-state index contributed by atoms with van der Waals surface area (Å²) in [4.78, 5) is 16.4. The Bertz CT molecular complexity index is 569. The fourth-order valence-corrected chi connectivity index (χ4v) is 3.34. The van der Waals surface area contributed by atoms with Crippen LogP contribution >= 0.6 is 0 Å².